The van der Waals surface area contributed by atoms with Gasteiger partial charge in [-0.3, -0.25) is 4.79 Å². The molecule has 0 aliphatic carbocycles. The molecule has 2 aromatic rings. The third kappa shape index (κ3) is 5.52. The first-order valence-corrected chi connectivity index (χ1v) is 8.94. The molecule has 0 spiro atoms. The minimum absolute atomic E-state index is 0.0992. The molecule has 0 aromatic heterocycles. The number of amides is 1. The molecule has 0 aliphatic heterocycles. The summed E-state index contributed by atoms with van der Waals surface area (Å²) in [4.78, 5) is 11.9. The molecule has 0 radical (unpaired) electrons. The molecule has 0 saturated carbocycles. The molecule has 8 heteroatoms. The average Bonchev–Trinajstić information content (AvgIpc) is 2.62. The van der Waals surface area contributed by atoms with E-state index in [4.69, 9.17) is 32.7 Å². The number of halogens is 2. The Balaban J connectivity index is 2.01. The van der Waals surface area contributed by atoms with E-state index in [0.717, 1.165) is 11.1 Å². The van der Waals surface area contributed by atoms with Crippen molar-refractivity contribution in [3.63, 3.8) is 0 Å². The summed E-state index contributed by atoms with van der Waals surface area (Å²) in [6.07, 6.45) is 1.20. The van der Waals surface area contributed by atoms with Crippen LogP contribution < -0.4 is 14.9 Å². The van der Waals surface area contributed by atoms with Crippen molar-refractivity contribution in [2.24, 2.45) is 5.10 Å². The molecule has 27 heavy (non-hydrogen) atoms. The minimum atomic E-state index is -0.464. The quantitative estimate of drug-likeness (QED) is 0.528. The van der Waals surface area contributed by atoms with Crippen LogP contribution in [0.5, 0.6) is 17.2 Å². The Morgan fingerprint density at radius 1 is 1.22 bits per heavy atom. The molecule has 0 unspecified atom stereocenters. The molecular formula is C19H20Cl2N2O4. The number of benzene rings is 2. The van der Waals surface area contributed by atoms with Crippen molar-refractivity contribution in [3.8, 4) is 17.2 Å². The van der Waals surface area contributed by atoms with Crippen LogP contribution in [0.2, 0.25) is 10.0 Å². The largest absolute Gasteiger partial charge is 0.504 e. The SMILES string of the molecule is CCOc1cc(Cl)c(Cl)c(C=NNC(=O)COc2ccc(C)cc2C)c1O. The average molecular weight is 411 g/mol. The van der Waals surface area contributed by atoms with Gasteiger partial charge in [-0.15, -0.1) is 0 Å². The van der Waals surface area contributed by atoms with Crippen LogP contribution in [0, 0.1) is 13.8 Å². The number of carbonyl (C=O) groups is 1. The topological polar surface area (TPSA) is 80.2 Å². The fourth-order valence-corrected chi connectivity index (χ4v) is 2.69. The lowest BCUT2D eigenvalue weighted by Crippen LogP contribution is -2.24. The number of nitrogens with one attached hydrogen (secondary N) is 1. The highest BCUT2D eigenvalue weighted by Crippen LogP contribution is 2.39. The van der Waals surface area contributed by atoms with Gasteiger partial charge in [0.2, 0.25) is 0 Å². The first kappa shape index (κ1) is 20.9. The Morgan fingerprint density at radius 2 is 1.96 bits per heavy atom. The first-order chi connectivity index (χ1) is 12.8. The smallest absolute Gasteiger partial charge is 0.277 e. The molecule has 0 bridgehead atoms. The van der Waals surface area contributed by atoms with Crippen LogP contribution in [0.15, 0.2) is 29.4 Å². The van der Waals surface area contributed by atoms with Gasteiger partial charge in [-0.25, -0.2) is 5.43 Å². The maximum atomic E-state index is 11.9. The standard InChI is InChI=1S/C19H20Cl2N2O4/c1-4-26-16-8-14(20)18(21)13(19(16)25)9-22-23-17(24)10-27-15-6-5-11(2)7-12(15)3/h5-9,25H,4,10H2,1-3H3,(H,23,24). The lowest BCUT2D eigenvalue weighted by molar-refractivity contribution is -0.123. The van der Waals surface area contributed by atoms with Gasteiger partial charge in [0, 0.05) is 6.07 Å². The zero-order chi connectivity index (χ0) is 20.0. The number of hydrogen-bond acceptors (Lipinski definition) is 5. The van der Waals surface area contributed by atoms with Crippen LogP contribution in [0.25, 0.3) is 0 Å². The molecule has 144 valence electrons. The molecule has 0 atom stereocenters. The van der Waals surface area contributed by atoms with E-state index in [0.29, 0.717) is 12.4 Å². The van der Waals surface area contributed by atoms with E-state index in [2.05, 4.69) is 10.5 Å². The van der Waals surface area contributed by atoms with Crippen LogP contribution in [0.3, 0.4) is 0 Å². The van der Waals surface area contributed by atoms with Crippen molar-refractivity contribution in [2.45, 2.75) is 20.8 Å². The summed E-state index contributed by atoms with van der Waals surface area (Å²) >= 11 is 12.1. The molecule has 2 aromatic carbocycles. The lowest BCUT2D eigenvalue weighted by Gasteiger charge is -2.11. The predicted molar refractivity (Wildman–Crippen MR) is 106 cm³/mol. The Bertz CT molecular complexity index is 869. The van der Waals surface area contributed by atoms with E-state index in [1.54, 1.807) is 13.0 Å². The minimum Gasteiger partial charge on any atom is -0.504 e. The normalized spacial score (nSPS) is 10.9. The van der Waals surface area contributed by atoms with Gasteiger partial charge >= 0.3 is 0 Å². The molecule has 2 rings (SSSR count). The second kappa shape index (κ2) is 9.48. The monoisotopic (exact) mass is 410 g/mol. The van der Waals surface area contributed by atoms with Gasteiger partial charge in [-0.2, -0.15) is 5.10 Å². The fraction of sp³-hybridized carbons (Fsp3) is 0.263. The van der Waals surface area contributed by atoms with E-state index in [9.17, 15) is 9.90 Å². The van der Waals surface area contributed by atoms with Gasteiger partial charge in [0.15, 0.2) is 18.1 Å². The highest BCUT2D eigenvalue weighted by molar-refractivity contribution is 6.43. The van der Waals surface area contributed by atoms with Crippen molar-refractivity contribution in [2.75, 3.05) is 13.2 Å². The van der Waals surface area contributed by atoms with Crippen LogP contribution >= 0.6 is 23.2 Å². The molecule has 0 aliphatic rings. The number of phenolic OH excluding ortho intramolecular Hbond substituents is 1. The number of aryl methyl sites for hydroxylation is 2. The number of rotatable bonds is 7. The van der Waals surface area contributed by atoms with Gasteiger partial charge in [-0.1, -0.05) is 40.9 Å². The van der Waals surface area contributed by atoms with Crippen LogP contribution in [0.4, 0.5) is 0 Å². The zero-order valence-electron chi connectivity index (χ0n) is 15.2. The van der Waals surface area contributed by atoms with Gasteiger partial charge in [0.1, 0.15) is 5.75 Å². The summed E-state index contributed by atoms with van der Waals surface area (Å²) in [7, 11) is 0. The highest BCUT2D eigenvalue weighted by atomic mass is 35.5. The lowest BCUT2D eigenvalue weighted by atomic mass is 10.1. The maximum absolute atomic E-state index is 11.9. The van der Waals surface area contributed by atoms with Crippen LogP contribution in [-0.4, -0.2) is 30.4 Å². The van der Waals surface area contributed by atoms with E-state index in [1.165, 1.54) is 12.3 Å². The van der Waals surface area contributed by atoms with Gasteiger partial charge in [-0.05, 0) is 32.4 Å². The molecule has 1 amide bonds. The Labute approximate surface area is 167 Å². The Hall–Kier alpha value is -2.44. The van der Waals surface area contributed by atoms with Crippen molar-refractivity contribution < 1.29 is 19.4 Å². The number of hydrogen-bond donors (Lipinski definition) is 2. The fourth-order valence-electron chi connectivity index (χ4n) is 2.30. The van der Waals surface area contributed by atoms with E-state index in [1.807, 2.05) is 26.0 Å². The summed E-state index contributed by atoms with van der Waals surface area (Å²) in [5, 5.41) is 14.3. The second-order valence-corrected chi connectivity index (χ2v) is 6.50. The van der Waals surface area contributed by atoms with Crippen molar-refractivity contribution in [1.82, 2.24) is 5.43 Å². The molecule has 0 saturated heterocycles. The maximum Gasteiger partial charge on any atom is 0.277 e. The summed E-state index contributed by atoms with van der Waals surface area (Å²) < 4.78 is 10.8. The van der Waals surface area contributed by atoms with Crippen molar-refractivity contribution in [3.05, 3.63) is 51.0 Å². The van der Waals surface area contributed by atoms with E-state index in [-0.39, 0.29) is 33.7 Å². The first-order valence-electron chi connectivity index (χ1n) is 8.19. The van der Waals surface area contributed by atoms with Crippen molar-refractivity contribution in [1.29, 1.82) is 0 Å². The van der Waals surface area contributed by atoms with E-state index >= 15 is 0 Å². The summed E-state index contributed by atoms with van der Waals surface area (Å²) in [6, 6.07) is 7.08. The molecule has 0 fully saturated rings. The van der Waals surface area contributed by atoms with Gasteiger partial charge in [0.05, 0.1) is 28.4 Å². The van der Waals surface area contributed by atoms with Gasteiger partial charge in [0.25, 0.3) is 5.91 Å². The summed E-state index contributed by atoms with van der Waals surface area (Å²) in [5.41, 5.74) is 4.50. The molecular weight excluding hydrogens is 391 g/mol. The third-order valence-electron chi connectivity index (χ3n) is 3.56. The summed E-state index contributed by atoms with van der Waals surface area (Å²) in [5.74, 6) is 0.124. The number of nitrogens with zero attached hydrogens (tertiary/aromatic N) is 1. The zero-order valence-corrected chi connectivity index (χ0v) is 16.7. The number of aromatic hydroxyl groups is 1. The Kier molecular flexibility index (Phi) is 7.33. The molecule has 0 heterocycles. The second-order valence-electron chi connectivity index (χ2n) is 5.72. The number of phenols is 1. The predicted octanol–water partition coefficient (Wildman–Crippen LogP) is 4.24. The highest BCUT2D eigenvalue weighted by Gasteiger charge is 2.15. The Morgan fingerprint density at radius 3 is 2.63 bits per heavy atom. The summed E-state index contributed by atoms with van der Waals surface area (Å²) in [6.45, 7) is 5.78. The number of hydrazone groups is 1. The van der Waals surface area contributed by atoms with Crippen molar-refractivity contribution >= 4 is 35.3 Å². The van der Waals surface area contributed by atoms with Crippen LogP contribution in [0.1, 0.15) is 23.6 Å². The van der Waals surface area contributed by atoms with Crippen LogP contribution in [-0.2, 0) is 4.79 Å². The molecule has 2 N–H and O–H groups in total. The van der Waals surface area contributed by atoms with E-state index < -0.39 is 5.91 Å². The number of carbonyl (C=O) groups excluding carboxylic acids is 1. The number of ether oxygens (including phenoxy) is 2. The third-order valence-corrected chi connectivity index (χ3v) is 4.37. The van der Waals surface area contributed by atoms with Gasteiger partial charge < -0.3 is 14.6 Å². The molecule has 6 nitrogen and oxygen atoms in total.